The number of aliphatic imine (C=N–C) groups is 1. The molecule has 1 aromatic heterocycles. The van der Waals surface area contributed by atoms with Gasteiger partial charge in [0.05, 0.1) is 23.9 Å². The Hall–Kier alpha value is -0.410. The van der Waals surface area contributed by atoms with E-state index in [4.69, 9.17) is 5.11 Å². The summed E-state index contributed by atoms with van der Waals surface area (Å²) in [5.41, 5.74) is 1.05. The quantitative estimate of drug-likeness (QED) is 0.408. The van der Waals surface area contributed by atoms with Gasteiger partial charge in [-0.3, -0.25) is 0 Å². The summed E-state index contributed by atoms with van der Waals surface area (Å²) in [4.78, 5) is 10.00. The highest BCUT2D eigenvalue weighted by Gasteiger charge is 2.04. The van der Waals surface area contributed by atoms with E-state index in [1.807, 2.05) is 20.8 Å². The molecule has 7 heteroatoms. The molecule has 0 aliphatic heterocycles. The number of hydrogen-bond acceptors (Lipinski definition) is 4. The summed E-state index contributed by atoms with van der Waals surface area (Å²) in [6.07, 6.45) is 0. The Morgan fingerprint density at radius 3 is 2.61 bits per heavy atom. The Morgan fingerprint density at radius 2 is 2.11 bits per heavy atom. The lowest BCUT2D eigenvalue weighted by atomic mass is 10.4. The van der Waals surface area contributed by atoms with Gasteiger partial charge in [0.15, 0.2) is 5.96 Å². The number of aliphatic hydroxyl groups is 1. The van der Waals surface area contributed by atoms with Crippen LogP contribution in [0.4, 0.5) is 0 Å². The smallest absolute Gasteiger partial charge is 0.191 e. The standard InChI is InChI=1S/C11H20N4OS.HI/c1-4-12-11(13-5-6-16)14-7-10-8(2)15-9(3)17-10;/h16H,4-7H2,1-3H3,(H2,12,13,14);1H. The van der Waals surface area contributed by atoms with Gasteiger partial charge < -0.3 is 15.7 Å². The first-order chi connectivity index (χ1) is 8.17. The first kappa shape index (κ1) is 17.6. The van der Waals surface area contributed by atoms with Gasteiger partial charge >= 0.3 is 0 Å². The third-order valence-corrected chi connectivity index (χ3v) is 3.19. The summed E-state index contributed by atoms with van der Waals surface area (Å²) in [5, 5.41) is 16.0. The van der Waals surface area contributed by atoms with E-state index >= 15 is 0 Å². The lowest BCUT2D eigenvalue weighted by molar-refractivity contribution is 0.300. The highest BCUT2D eigenvalue weighted by atomic mass is 127. The van der Waals surface area contributed by atoms with Crippen molar-refractivity contribution in [3.63, 3.8) is 0 Å². The maximum absolute atomic E-state index is 8.76. The van der Waals surface area contributed by atoms with E-state index in [0.717, 1.165) is 23.2 Å². The summed E-state index contributed by atoms with van der Waals surface area (Å²) in [6.45, 7) is 8.05. The molecule has 3 N–H and O–H groups in total. The molecule has 0 radical (unpaired) electrons. The Morgan fingerprint density at radius 1 is 1.39 bits per heavy atom. The second-order valence-electron chi connectivity index (χ2n) is 3.59. The van der Waals surface area contributed by atoms with Gasteiger partial charge in [-0.05, 0) is 20.8 Å². The monoisotopic (exact) mass is 384 g/mol. The molecule has 0 atom stereocenters. The normalized spacial score (nSPS) is 11.0. The number of nitrogens with one attached hydrogen (secondary N) is 2. The molecular formula is C11H21IN4OS. The molecule has 0 fully saturated rings. The van der Waals surface area contributed by atoms with Gasteiger partial charge in [0, 0.05) is 18.0 Å². The number of aryl methyl sites for hydroxylation is 2. The number of aliphatic hydroxyl groups excluding tert-OH is 1. The van der Waals surface area contributed by atoms with Crippen LogP contribution in [0.15, 0.2) is 4.99 Å². The zero-order chi connectivity index (χ0) is 12.7. The van der Waals surface area contributed by atoms with Crippen molar-refractivity contribution >= 4 is 41.3 Å². The Labute approximate surface area is 129 Å². The fraction of sp³-hybridized carbons (Fsp3) is 0.636. The van der Waals surface area contributed by atoms with Gasteiger partial charge in [0.2, 0.25) is 0 Å². The third kappa shape index (κ3) is 5.96. The van der Waals surface area contributed by atoms with Gasteiger partial charge in [0.25, 0.3) is 0 Å². The summed E-state index contributed by atoms with van der Waals surface area (Å²) in [5.74, 6) is 0.729. The minimum atomic E-state index is 0. The molecule has 0 amide bonds. The zero-order valence-electron chi connectivity index (χ0n) is 11.0. The van der Waals surface area contributed by atoms with Gasteiger partial charge in [-0.25, -0.2) is 9.98 Å². The number of nitrogens with zero attached hydrogens (tertiary/aromatic N) is 2. The fourth-order valence-corrected chi connectivity index (χ4v) is 2.25. The van der Waals surface area contributed by atoms with Crippen molar-refractivity contribution in [3.05, 3.63) is 15.6 Å². The minimum Gasteiger partial charge on any atom is -0.395 e. The Bertz CT molecular complexity index is 381. The average molecular weight is 384 g/mol. The van der Waals surface area contributed by atoms with Crippen molar-refractivity contribution in [2.45, 2.75) is 27.3 Å². The molecule has 1 heterocycles. The number of thiazole rings is 1. The van der Waals surface area contributed by atoms with E-state index < -0.39 is 0 Å². The lowest BCUT2D eigenvalue weighted by Crippen LogP contribution is -2.38. The second kappa shape index (κ2) is 9.51. The topological polar surface area (TPSA) is 69.5 Å². The van der Waals surface area contributed by atoms with Gasteiger partial charge in [-0.1, -0.05) is 0 Å². The van der Waals surface area contributed by atoms with Crippen LogP contribution >= 0.6 is 35.3 Å². The highest BCUT2D eigenvalue weighted by Crippen LogP contribution is 2.17. The summed E-state index contributed by atoms with van der Waals surface area (Å²) in [7, 11) is 0. The molecule has 5 nitrogen and oxygen atoms in total. The molecule has 0 aliphatic rings. The molecule has 0 spiro atoms. The third-order valence-electron chi connectivity index (χ3n) is 2.13. The molecule has 1 rings (SSSR count). The lowest BCUT2D eigenvalue weighted by Gasteiger charge is -2.09. The van der Waals surface area contributed by atoms with E-state index in [1.165, 1.54) is 4.88 Å². The van der Waals surface area contributed by atoms with Crippen LogP contribution < -0.4 is 10.6 Å². The van der Waals surface area contributed by atoms with Crippen LogP contribution in [0, 0.1) is 13.8 Å². The molecule has 0 saturated heterocycles. The molecule has 18 heavy (non-hydrogen) atoms. The highest BCUT2D eigenvalue weighted by molar-refractivity contribution is 14.0. The van der Waals surface area contributed by atoms with Crippen molar-refractivity contribution in [2.75, 3.05) is 19.7 Å². The first-order valence-electron chi connectivity index (χ1n) is 5.73. The van der Waals surface area contributed by atoms with E-state index in [2.05, 4.69) is 20.6 Å². The molecular weight excluding hydrogens is 363 g/mol. The molecule has 0 aromatic carbocycles. The molecule has 0 unspecified atom stereocenters. The summed E-state index contributed by atoms with van der Waals surface area (Å²) < 4.78 is 0. The maximum atomic E-state index is 8.76. The number of halogens is 1. The fourth-order valence-electron chi connectivity index (χ4n) is 1.39. The Kier molecular flexibility index (Phi) is 9.29. The van der Waals surface area contributed by atoms with Crippen molar-refractivity contribution < 1.29 is 5.11 Å². The van der Waals surface area contributed by atoms with E-state index in [9.17, 15) is 0 Å². The largest absolute Gasteiger partial charge is 0.395 e. The van der Waals surface area contributed by atoms with Crippen molar-refractivity contribution in [3.8, 4) is 0 Å². The van der Waals surface area contributed by atoms with Crippen molar-refractivity contribution in [2.24, 2.45) is 4.99 Å². The molecule has 1 aromatic rings. The van der Waals surface area contributed by atoms with Crippen molar-refractivity contribution in [1.29, 1.82) is 0 Å². The number of hydrogen-bond donors (Lipinski definition) is 3. The van der Waals surface area contributed by atoms with Gasteiger partial charge in [-0.2, -0.15) is 0 Å². The Balaban J connectivity index is 0.00000289. The van der Waals surface area contributed by atoms with Gasteiger partial charge in [0.1, 0.15) is 0 Å². The van der Waals surface area contributed by atoms with Crippen LogP contribution in [-0.4, -0.2) is 35.7 Å². The van der Waals surface area contributed by atoms with Crippen LogP contribution in [-0.2, 0) is 6.54 Å². The van der Waals surface area contributed by atoms with E-state index in [0.29, 0.717) is 13.1 Å². The van der Waals surface area contributed by atoms with Crippen molar-refractivity contribution in [1.82, 2.24) is 15.6 Å². The number of guanidine groups is 1. The number of aromatic nitrogens is 1. The van der Waals surface area contributed by atoms with Crippen LogP contribution in [0.1, 0.15) is 22.5 Å². The minimum absolute atomic E-state index is 0. The van der Waals surface area contributed by atoms with E-state index in [-0.39, 0.29) is 30.6 Å². The molecule has 0 aliphatic carbocycles. The molecule has 0 bridgehead atoms. The van der Waals surface area contributed by atoms with Crippen LogP contribution in [0.5, 0.6) is 0 Å². The predicted octanol–water partition coefficient (Wildman–Crippen LogP) is 1.43. The molecule has 104 valence electrons. The van der Waals surface area contributed by atoms with Crippen LogP contribution in [0.3, 0.4) is 0 Å². The maximum Gasteiger partial charge on any atom is 0.191 e. The number of rotatable bonds is 5. The zero-order valence-corrected chi connectivity index (χ0v) is 14.1. The van der Waals surface area contributed by atoms with Crippen LogP contribution in [0.25, 0.3) is 0 Å². The average Bonchev–Trinajstić information content (AvgIpc) is 2.61. The summed E-state index contributed by atoms with van der Waals surface area (Å²) >= 11 is 1.68. The summed E-state index contributed by atoms with van der Waals surface area (Å²) in [6, 6.07) is 0. The first-order valence-corrected chi connectivity index (χ1v) is 6.55. The second-order valence-corrected chi connectivity index (χ2v) is 4.87. The van der Waals surface area contributed by atoms with E-state index in [1.54, 1.807) is 11.3 Å². The van der Waals surface area contributed by atoms with Crippen LogP contribution in [0.2, 0.25) is 0 Å². The predicted molar refractivity (Wildman–Crippen MR) is 86.9 cm³/mol. The SMILES string of the molecule is CCNC(=NCc1sc(C)nc1C)NCCO.I. The van der Waals surface area contributed by atoms with Gasteiger partial charge in [-0.15, -0.1) is 35.3 Å². The molecule has 0 saturated carbocycles.